The standard InChI is InChI=1S/C31H46O5.C28H42O5.4CH4/c1-4-30(2,3)29(33)36-25-11-21-10-24(25)27-22-8-20(26(21)27)9-23(22)28(32)35-16-34-15-31-12-17-5-18(13-31)7-19(6-17)14-31;1-4-28(2,3)27(30)33-23-12-18-11-22(23)25-20-9-17(24(18)25)10-21(20)26(29)32-14-31-13-19-8-15-5-6-16(19)7-15;;;;/h17-27H,4-16H2,1-3H3;15-25H,4-14H2,1-3H3;4*1H4. The largest absolute Gasteiger partial charge is 0.462 e. The van der Waals surface area contributed by atoms with Crippen molar-refractivity contribution in [3.05, 3.63) is 0 Å². The van der Waals surface area contributed by atoms with Gasteiger partial charge in [0.1, 0.15) is 12.2 Å². The van der Waals surface area contributed by atoms with Crippen LogP contribution in [0.15, 0.2) is 0 Å². The minimum absolute atomic E-state index is 0. The van der Waals surface area contributed by atoms with Crippen molar-refractivity contribution in [1.82, 2.24) is 0 Å². The van der Waals surface area contributed by atoms with E-state index in [0.717, 1.165) is 106 Å². The van der Waals surface area contributed by atoms with Gasteiger partial charge in [-0.05, 0) is 262 Å². The molecular formula is C63H104O10. The summed E-state index contributed by atoms with van der Waals surface area (Å²) >= 11 is 0. The number of fused-ring (bicyclic) bond motifs is 20. The van der Waals surface area contributed by atoms with E-state index in [4.69, 9.17) is 28.4 Å². The molecule has 10 heteroatoms. The van der Waals surface area contributed by atoms with E-state index in [9.17, 15) is 19.2 Å². The van der Waals surface area contributed by atoms with E-state index in [1.165, 1.54) is 77.0 Å². The van der Waals surface area contributed by atoms with Crippen LogP contribution >= 0.6 is 0 Å². The van der Waals surface area contributed by atoms with E-state index in [1.54, 1.807) is 0 Å². The first-order valence-corrected chi connectivity index (χ1v) is 29.0. The predicted molar refractivity (Wildman–Crippen MR) is 284 cm³/mol. The summed E-state index contributed by atoms with van der Waals surface area (Å²) in [7, 11) is 0. The maximum atomic E-state index is 13.2. The van der Waals surface area contributed by atoms with E-state index >= 15 is 0 Å². The zero-order valence-corrected chi connectivity index (χ0v) is 43.3. The third-order valence-corrected chi connectivity index (χ3v) is 23.9. The molecule has 0 aromatic heterocycles. The van der Waals surface area contributed by atoms with Gasteiger partial charge in [0.2, 0.25) is 0 Å². The fourth-order valence-electron chi connectivity index (χ4n) is 20.7. The molecule has 14 aliphatic carbocycles. The fraction of sp³-hybridized carbons (Fsp3) is 0.937. The molecule has 14 fully saturated rings. The first kappa shape index (κ1) is 57.0. The second-order valence-corrected chi connectivity index (χ2v) is 28.2. The van der Waals surface area contributed by atoms with Gasteiger partial charge >= 0.3 is 23.9 Å². The lowest BCUT2D eigenvalue weighted by Crippen LogP contribution is -2.48. The number of hydrogen-bond donors (Lipinski definition) is 0. The van der Waals surface area contributed by atoms with Crippen molar-refractivity contribution in [1.29, 1.82) is 0 Å². The van der Waals surface area contributed by atoms with Crippen LogP contribution in [0, 0.1) is 135 Å². The van der Waals surface area contributed by atoms with Crippen molar-refractivity contribution >= 4 is 23.9 Å². The molecule has 0 radical (unpaired) electrons. The van der Waals surface area contributed by atoms with Gasteiger partial charge in [0.25, 0.3) is 0 Å². The van der Waals surface area contributed by atoms with Crippen LogP contribution in [0.25, 0.3) is 0 Å². The van der Waals surface area contributed by atoms with Crippen molar-refractivity contribution in [3.8, 4) is 0 Å². The molecule has 0 amide bonds. The summed E-state index contributed by atoms with van der Waals surface area (Å²) in [5.41, 5.74) is -0.471. The Morgan fingerprint density at radius 1 is 0.466 bits per heavy atom. The van der Waals surface area contributed by atoms with Crippen LogP contribution in [0.4, 0.5) is 0 Å². The third kappa shape index (κ3) is 10.0. The summed E-state index contributed by atoms with van der Waals surface area (Å²) < 4.78 is 35.5. The van der Waals surface area contributed by atoms with Gasteiger partial charge in [0, 0.05) is 0 Å². The number of ether oxygens (including phenoxy) is 6. The molecule has 19 unspecified atom stereocenters. The first-order chi connectivity index (χ1) is 33.1. The monoisotopic (exact) mass is 1020 g/mol. The Morgan fingerprint density at radius 3 is 1.33 bits per heavy atom. The van der Waals surface area contributed by atoms with E-state index in [-0.39, 0.29) is 91.2 Å². The quantitative estimate of drug-likeness (QED) is 0.0485. The minimum atomic E-state index is -0.418. The summed E-state index contributed by atoms with van der Waals surface area (Å²) in [6.07, 6.45) is 24.2. The molecule has 0 spiro atoms. The molecule has 0 aromatic carbocycles. The Kier molecular flexibility index (Phi) is 16.8. The molecular weight excluding hydrogens is 917 g/mol. The average molecular weight is 1020 g/mol. The Bertz CT molecular complexity index is 1940. The SMILES string of the molecule is C.C.C.C.CCC(C)(C)C(=O)OC1CC2CC1C1C3CC(CC3C(=O)OCOCC34CC5CC(CC(C5)C3)C4)C21.CCC(C)(C)C(=O)OC1CC2CC1C1C3CC(CC3C(=O)OCOCC3CC4CCC3C4)C21. The van der Waals surface area contributed by atoms with Crippen LogP contribution in [0.3, 0.4) is 0 Å². The second kappa shape index (κ2) is 21.6. The lowest BCUT2D eigenvalue weighted by atomic mass is 9.50. The fourth-order valence-corrected chi connectivity index (χ4v) is 20.7. The van der Waals surface area contributed by atoms with Gasteiger partial charge in [-0.15, -0.1) is 0 Å². The van der Waals surface area contributed by atoms with E-state index in [1.807, 2.05) is 34.6 Å². The van der Waals surface area contributed by atoms with Crippen LogP contribution in [-0.2, 0) is 47.6 Å². The topological polar surface area (TPSA) is 124 Å². The smallest absolute Gasteiger partial charge is 0.311 e. The summed E-state index contributed by atoms with van der Waals surface area (Å²) in [6, 6.07) is 0. The molecule has 10 nitrogen and oxygen atoms in total. The van der Waals surface area contributed by atoms with Gasteiger partial charge in [0.05, 0.1) is 35.9 Å². The van der Waals surface area contributed by atoms with Crippen LogP contribution in [-0.4, -0.2) is 62.9 Å². The predicted octanol–water partition coefficient (Wildman–Crippen LogP) is 13.8. The number of carbonyl (C=O) groups excluding carboxylic acids is 4. The highest BCUT2D eigenvalue weighted by Gasteiger charge is 2.68. The number of carbonyl (C=O) groups is 4. The summed E-state index contributed by atoms with van der Waals surface area (Å²) in [5, 5.41) is 0. The highest BCUT2D eigenvalue weighted by molar-refractivity contribution is 5.77. The zero-order valence-electron chi connectivity index (χ0n) is 43.3. The third-order valence-electron chi connectivity index (χ3n) is 23.9. The summed E-state index contributed by atoms with van der Waals surface area (Å²) in [4.78, 5) is 51.7. The van der Waals surface area contributed by atoms with E-state index in [0.29, 0.717) is 70.5 Å². The van der Waals surface area contributed by atoms with Gasteiger partial charge in [-0.25, -0.2) is 0 Å². The Balaban J connectivity index is 0.000000185. The number of esters is 4. The highest BCUT2D eigenvalue weighted by Crippen LogP contribution is 2.71. The molecule has 73 heavy (non-hydrogen) atoms. The number of hydrogen-bond acceptors (Lipinski definition) is 10. The molecule has 0 aromatic rings. The maximum absolute atomic E-state index is 13.2. The van der Waals surface area contributed by atoms with Gasteiger partial charge in [0.15, 0.2) is 13.6 Å². The normalized spacial score (nSPS) is 45.5. The van der Waals surface area contributed by atoms with Crippen molar-refractivity contribution in [2.75, 3.05) is 26.8 Å². The van der Waals surface area contributed by atoms with Crippen molar-refractivity contribution in [2.24, 2.45) is 135 Å². The second-order valence-electron chi connectivity index (χ2n) is 28.2. The summed E-state index contributed by atoms with van der Waals surface area (Å²) in [5.74, 6) is 12.0. The van der Waals surface area contributed by atoms with E-state index in [2.05, 4.69) is 6.92 Å². The lowest BCUT2D eigenvalue weighted by molar-refractivity contribution is -0.175. The lowest BCUT2D eigenvalue weighted by Gasteiger charge is -2.56. The van der Waals surface area contributed by atoms with Crippen LogP contribution in [0.2, 0.25) is 0 Å². The molecule has 416 valence electrons. The molecule has 0 saturated heterocycles. The van der Waals surface area contributed by atoms with Crippen LogP contribution in [0.5, 0.6) is 0 Å². The van der Waals surface area contributed by atoms with Gasteiger partial charge in [-0.3, -0.25) is 19.2 Å². The molecule has 14 saturated carbocycles. The Labute approximate surface area is 443 Å². The molecule has 14 rings (SSSR count). The molecule has 0 heterocycles. The first-order valence-electron chi connectivity index (χ1n) is 29.0. The van der Waals surface area contributed by atoms with Gasteiger partial charge in [-0.2, -0.15) is 0 Å². The Hall–Kier alpha value is -2.20. The van der Waals surface area contributed by atoms with Crippen molar-refractivity contribution < 1.29 is 47.6 Å². The minimum Gasteiger partial charge on any atom is -0.462 e. The molecule has 14 aliphatic rings. The molecule has 19 atom stereocenters. The van der Waals surface area contributed by atoms with Crippen LogP contribution in [0.1, 0.15) is 200 Å². The van der Waals surface area contributed by atoms with Gasteiger partial charge < -0.3 is 28.4 Å². The Morgan fingerprint density at radius 2 is 0.904 bits per heavy atom. The number of rotatable bonds is 16. The highest BCUT2D eigenvalue weighted by atomic mass is 16.7. The van der Waals surface area contributed by atoms with Crippen molar-refractivity contribution in [3.63, 3.8) is 0 Å². The molecule has 0 N–H and O–H groups in total. The molecule has 0 aliphatic heterocycles. The zero-order chi connectivity index (χ0) is 47.7. The van der Waals surface area contributed by atoms with Crippen molar-refractivity contribution in [2.45, 2.75) is 212 Å². The summed E-state index contributed by atoms with van der Waals surface area (Å²) in [6.45, 7) is 13.8. The van der Waals surface area contributed by atoms with Crippen LogP contribution < -0.4 is 0 Å². The molecule has 14 bridgehead atoms. The maximum Gasteiger partial charge on any atom is 0.311 e. The van der Waals surface area contributed by atoms with E-state index < -0.39 is 10.8 Å². The average Bonchev–Trinajstić information content (AvgIpc) is 4.18. The van der Waals surface area contributed by atoms with Gasteiger partial charge in [-0.1, -0.05) is 50.0 Å².